The maximum atomic E-state index is 5.51. The second kappa shape index (κ2) is 3.45. The number of hydrogen-bond donors (Lipinski definition) is 1. The number of imidazole rings is 1. The minimum atomic E-state index is 0.748. The molecule has 3 aromatic heterocycles. The largest absolute Gasteiger partial charge is 0.466 e. The summed E-state index contributed by atoms with van der Waals surface area (Å²) >= 11 is 0. The lowest BCUT2D eigenvalue weighted by Gasteiger charge is -1.92. The molecule has 0 aliphatic carbocycles. The quantitative estimate of drug-likeness (QED) is 0.694. The van der Waals surface area contributed by atoms with Gasteiger partial charge in [0.05, 0.1) is 11.1 Å². The van der Waals surface area contributed by atoms with Gasteiger partial charge in [0, 0.05) is 6.20 Å². The number of hydrogen-bond acceptors (Lipinski definition) is 3. The molecule has 0 aliphatic rings. The van der Waals surface area contributed by atoms with Crippen LogP contribution in [0, 0.1) is 20.8 Å². The van der Waals surface area contributed by atoms with Gasteiger partial charge in [-0.3, -0.25) is 0 Å². The number of furan rings is 1. The van der Waals surface area contributed by atoms with E-state index in [4.69, 9.17) is 4.42 Å². The third-order valence-electron chi connectivity index (χ3n) is 2.90. The van der Waals surface area contributed by atoms with Crippen LogP contribution in [0.4, 0.5) is 0 Å². The van der Waals surface area contributed by atoms with Crippen molar-refractivity contribution in [2.75, 3.05) is 0 Å². The predicted octanol–water partition coefficient (Wildman–Crippen LogP) is 3.14. The fourth-order valence-corrected chi connectivity index (χ4v) is 2.03. The van der Waals surface area contributed by atoms with E-state index in [2.05, 4.69) is 15.0 Å². The molecule has 0 spiro atoms. The van der Waals surface area contributed by atoms with Gasteiger partial charge in [-0.25, -0.2) is 9.97 Å². The summed E-state index contributed by atoms with van der Waals surface area (Å²) in [6.07, 6.45) is 1.77. The molecule has 0 radical (unpaired) electrons. The van der Waals surface area contributed by atoms with E-state index in [0.29, 0.717) is 0 Å². The molecule has 0 saturated heterocycles. The number of H-pyrrole nitrogens is 1. The van der Waals surface area contributed by atoms with E-state index in [-0.39, 0.29) is 0 Å². The lowest BCUT2D eigenvalue weighted by atomic mass is 10.2. The highest BCUT2D eigenvalue weighted by Gasteiger charge is 2.12. The first-order valence-corrected chi connectivity index (χ1v) is 5.54. The van der Waals surface area contributed by atoms with Gasteiger partial charge in [-0.2, -0.15) is 0 Å². The molecular weight excluding hydrogens is 214 g/mol. The van der Waals surface area contributed by atoms with E-state index in [1.165, 1.54) is 0 Å². The van der Waals surface area contributed by atoms with Gasteiger partial charge in [0.15, 0.2) is 5.65 Å². The van der Waals surface area contributed by atoms with Crippen molar-refractivity contribution in [3.63, 3.8) is 0 Å². The number of aryl methyl sites for hydroxylation is 3. The van der Waals surface area contributed by atoms with Crippen LogP contribution in [0.1, 0.15) is 17.1 Å². The van der Waals surface area contributed by atoms with Crippen molar-refractivity contribution in [3.8, 4) is 11.4 Å². The Hall–Kier alpha value is -2.10. The fourth-order valence-electron chi connectivity index (χ4n) is 2.03. The Labute approximate surface area is 98.7 Å². The number of rotatable bonds is 1. The molecule has 0 atom stereocenters. The normalized spacial score (nSPS) is 11.2. The molecule has 0 fully saturated rings. The summed E-state index contributed by atoms with van der Waals surface area (Å²) < 4.78 is 5.51. The SMILES string of the molecule is Cc1cc(-c2nc3nccc(C)c3[nH]2)c(C)o1. The summed E-state index contributed by atoms with van der Waals surface area (Å²) in [4.78, 5) is 12.0. The zero-order valence-electron chi connectivity index (χ0n) is 10.0. The molecule has 4 nitrogen and oxygen atoms in total. The number of aromatic amines is 1. The van der Waals surface area contributed by atoms with Crippen LogP contribution in [0.2, 0.25) is 0 Å². The number of fused-ring (bicyclic) bond motifs is 1. The molecule has 1 N–H and O–H groups in total. The molecule has 17 heavy (non-hydrogen) atoms. The van der Waals surface area contributed by atoms with Crippen LogP contribution in [-0.2, 0) is 0 Å². The summed E-state index contributed by atoms with van der Waals surface area (Å²) in [7, 11) is 0. The molecule has 86 valence electrons. The van der Waals surface area contributed by atoms with Crippen molar-refractivity contribution in [2.24, 2.45) is 0 Å². The molecular formula is C13H13N3O. The Morgan fingerprint density at radius 2 is 2.06 bits per heavy atom. The smallest absolute Gasteiger partial charge is 0.178 e. The van der Waals surface area contributed by atoms with Crippen molar-refractivity contribution in [1.29, 1.82) is 0 Å². The van der Waals surface area contributed by atoms with Crippen LogP contribution in [0.5, 0.6) is 0 Å². The van der Waals surface area contributed by atoms with Gasteiger partial charge in [0.2, 0.25) is 0 Å². The van der Waals surface area contributed by atoms with Crippen LogP contribution in [-0.4, -0.2) is 15.0 Å². The molecule has 0 unspecified atom stereocenters. The van der Waals surface area contributed by atoms with Gasteiger partial charge >= 0.3 is 0 Å². The summed E-state index contributed by atoms with van der Waals surface area (Å²) in [5.41, 5.74) is 3.88. The predicted molar refractivity (Wildman–Crippen MR) is 65.8 cm³/mol. The summed E-state index contributed by atoms with van der Waals surface area (Å²) in [5, 5.41) is 0. The van der Waals surface area contributed by atoms with Crippen LogP contribution in [0.25, 0.3) is 22.6 Å². The molecule has 3 aromatic rings. The van der Waals surface area contributed by atoms with Gasteiger partial charge in [-0.05, 0) is 38.5 Å². The third-order valence-corrected chi connectivity index (χ3v) is 2.90. The minimum Gasteiger partial charge on any atom is -0.466 e. The standard InChI is InChI=1S/C13H13N3O/c1-7-4-5-14-13-11(7)15-12(16-13)10-6-8(2)17-9(10)3/h4-6H,1-3H3,(H,14,15,16). The van der Waals surface area contributed by atoms with Crippen molar-refractivity contribution in [3.05, 3.63) is 35.4 Å². The second-order valence-corrected chi connectivity index (χ2v) is 4.24. The average Bonchev–Trinajstić information content (AvgIpc) is 2.82. The molecule has 0 bridgehead atoms. The van der Waals surface area contributed by atoms with E-state index in [0.717, 1.165) is 39.6 Å². The molecule has 0 amide bonds. The van der Waals surface area contributed by atoms with E-state index in [9.17, 15) is 0 Å². The number of aromatic nitrogens is 3. The fraction of sp³-hybridized carbons (Fsp3) is 0.231. The molecule has 0 aliphatic heterocycles. The summed E-state index contributed by atoms with van der Waals surface area (Å²) in [5.74, 6) is 2.58. The third kappa shape index (κ3) is 1.53. The number of nitrogens with zero attached hydrogens (tertiary/aromatic N) is 2. The van der Waals surface area contributed by atoms with Gasteiger partial charge in [0.25, 0.3) is 0 Å². The Balaban J connectivity index is 2.25. The van der Waals surface area contributed by atoms with E-state index >= 15 is 0 Å². The highest BCUT2D eigenvalue weighted by atomic mass is 16.3. The molecule has 4 heteroatoms. The molecule has 0 aromatic carbocycles. The van der Waals surface area contributed by atoms with E-state index in [1.54, 1.807) is 6.20 Å². The molecule has 0 saturated carbocycles. The maximum Gasteiger partial charge on any atom is 0.178 e. The Morgan fingerprint density at radius 3 is 2.71 bits per heavy atom. The Morgan fingerprint density at radius 1 is 1.24 bits per heavy atom. The lowest BCUT2D eigenvalue weighted by Crippen LogP contribution is -1.79. The van der Waals surface area contributed by atoms with Gasteiger partial charge in [-0.1, -0.05) is 0 Å². The topological polar surface area (TPSA) is 54.7 Å². The monoisotopic (exact) mass is 227 g/mol. The Kier molecular flexibility index (Phi) is 2.04. The lowest BCUT2D eigenvalue weighted by molar-refractivity contribution is 0.505. The van der Waals surface area contributed by atoms with Crippen molar-refractivity contribution < 1.29 is 4.42 Å². The Bertz CT molecular complexity index is 694. The van der Waals surface area contributed by atoms with Crippen LogP contribution in [0.3, 0.4) is 0 Å². The first-order chi connectivity index (χ1) is 8.15. The van der Waals surface area contributed by atoms with Gasteiger partial charge in [0.1, 0.15) is 17.3 Å². The highest BCUT2D eigenvalue weighted by Crippen LogP contribution is 2.26. The second-order valence-electron chi connectivity index (χ2n) is 4.24. The molecule has 3 heterocycles. The molecule has 3 rings (SSSR count). The van der Waals surface area contributed by atoms with Crippen molar-refractivity contribution in [2.45, 2.75) is 20.8 Å². The maximum absolute atomic E-state index is 5.51. The average molecular weight is 227 g/mol. The van der Waals surface area contributed by atoms with Crippen molar-refractivity contribution in [1.82, 2.24) is 15.0 Å². The zero-order chi connectivity index (χ0) is 12.0. The van der Waals surface area contributed by atoms with E-state index in [1.807, 2.05) is 32.9 Å². The zero-order valence-corrected chi connectivity index (χ0v) is 10.0. The summed E-state index contributed by atoms with van der Waals surface area (Å²) in [6.45, 7) is 5.91. The highest BCUT2D eigenvalue weighted by molar-refractivity contribution is 5.79. The number of pyridine rings is 1. The first-order valence-electron chi connectivity index (χ1n) is 5.54. The van der Waals surface area contributed by atoms with Gasteiger partial charge < -0.3 is 9.40 Å². The van der Waals surface area contributed by atoms with E-state index < -0.39 is 0 Å². The minimum absolute atomic E-state index is 0.748. The number of nitrogens with one attached hydrogen (secondary N) is 1. The van der Waals surface area contributed by atoms with Crippen LogP contribution in [0.15, 0.2) is 22.7 Å². The van der Waals surface area contributed by atoms with Crippen LogP contribution >= 0.6 is 0 Å². The van der Waals surface area contributed by atoms with Gasteiger partial charge in [-0.15, -0.1) is 0 Å². The van der Waals surface area contributed by atoms with Crippen LogP contribution < -0.4 is 0 Å². The summed E-state index contributed by atoms with van der Waals surface area (Å²) in [6, 6.07) is 3.96. The van der Waals surface area contributed by atoms with Crippen molar-refractivity contribution >= 4 is 11.2 Å². The first kappa shape index (κ1) is 10.1.